The zero-order valence-electron chi connectivity index (χ0n) is 12.6. The minimum Gasteiger partial charge on any atom is -0.315 e. The number of hydrogen-bond donors (Lipinski definition) is 1. The average Bonchev–Trinajstić information content (AvgIpc) is 2.80. The maximum Gasteiger partial charge on any atom is 0.0603 e. The Hall–Kier alpha value is -1.71. The summed E-state index contributed by atoms with van der Waals surface area (Å²) < 4.78 is 0. The number of aromatic nitrogens is 1. The van der Waals surface area contributed by atoms with Crippen LogP contribution in [-0.4, -0.2) is 36.1 Å². The highest BCUT2D eigenvalue weighted by Crippen LogP contribution is 2.28. The topological polar surface area (TPSA) is 28.2 Å². The van der Waals surface area contributed by atoms with Crippen molar-refractivity contribution in [2.24, 2.45) is 0 Å². The number of nitrogens with one attached hydrogen (secondary N) is 1. The van der Waals surface area contributed by atoms with Gasteiger partial charge in [0.2, 0.25) is 0 Å². The van der Waals surface area contributed by atoms with Gasteiger partial charge in [0.15, 0.2) is 0 Å². The van der Waals surface area contributed by atoms with Crippen molar-refractivity contribution in [2.45, 2.75) is 19.4 Å². The second-order valence-corrected chi connectivity index (χ2v) is 5.73. The van der Waals surface area contributed by atoms with E-state index in [4.69, 9.17) is 0 Å². The normalized spacial score (nSPS) is 18.1. The molecule has 1 aromatic heterocycles. The Morgan fingerprint density at radius 2 is 1.67 bits per heavy atom. The molecule has 0 aliphatic carbocycles. The van der Waals surface area contributed by atoms with Gasteiger partial charge in [-0.3, -0.25) is 9.88 Å². The van der Waals surface area contributed by atoms with Gasteiger partial charge in [0, 0.05) is 32.0 Å². The summed E-state index contributed by atoms with van der Waals surface area (Å²) in [5.41, 5.74) is 4.01. The summed E-state index contributed by atoms with van der Waals surface area (Å²) in [5.74, 6) is 0. The van der Waals surface area contributed by atoms with Crippen LogP contribution in [0.1, 0.15) is 29.2 Å². The summed E-state index contributed by atoms with van der Waals surface area (Å²) in [5, 5.41) is 3.49. The van der Waals surface area contributed by atoms with E-state index in [1.54, 1.807) is 0 Å². The van der Waals surface area contributed by atoms with Crippen LogP contribution < -0.4 is 5.32 Å². The van der Waals surface area contributed by atoms with Crippen LogP contribution in [0, 0.1) is 6.92 Å². The maximum atomic E-state index is 4.17. The van der Waals surface area contributed by atoms with Crippen LogP contribution >= 0.6 is 0 Å². The van der Waals surface area contributed by atoms with Crippen LogP contribution in [0.2, 0.25) is 0 Å². The molecule has 1 aliphatic rings. The van der Waals surface area contributed by atoms with Gasteiger partial charge >= 0.3 is 0 Å². The van der Waals surface area contributed by atoms with Gasteiger partial charge in [-0.25, -0.2) is 0 Å². The molecule has 2 aromatic rings. The van der Waals surface area contributed by atoms with Crippen LogP contribution in [0.25, 0.3) is 0 Å². The van der Waals surface area contributed by atoms with Crippen LogP contribution in [0.3, 0.4) is 0 Å². The second-order valence-electron chi connectivity index (χ2n) is 5.73. The van der Waals surface area contributed by atoms with Crippen molar-refractivity contribution in [1.29, 1.82) is 0 Å². The van der Waals surface area contributed by atoms with Crippen molar-refractivity contribution >= 4 is 0 Å². The molecule has 0 spiro atoms. The van der Waals surface area contributed by atoms with Crippen LogP contribution in [0.4, 0.5) is 0 Å². The van der Waals surface area contributed by atoms with Gasteiger partial charge < -0.3 is 5.32 Å². The van der Waals surface area contributed by atoms with E-state index in [1.807, 2.05) is 12.4 Å². The molecule has 3 rings (SSSR count). The summed E-state index contributed by atoms with van der Waals surface area (Å²) in [6, 6.07) is 13.6. The lowest BCUT2D eigenvalue weighted by Crippen LogP contribution is -2.33. The summed E-state index contributed by atoms with van der Waals surface area (Å²) in [6.45, 7) is 6.54. The smallest absolute Gasteiger partial charge is 0.0603 e. The molecule has 1 aliphatic heterocycles. The molecule has 2 heterocycles. The first kappa shape index (κ1) is 14.2. The van der Waals surface area contributed by atoms with Gasteiger partial charge in [0.05, 0.1) is 6.04 Å². The van der Waals surface area contributed by atoms with Crippen molar-refractivity contribution in [3.05, 3.63) is 65.5 Å². The van der Waals surface area contributed by atoms with Crippen LogP contribution in [0.15, 0.2) is 48.8 Å². The first-order valence-electron chi connectivity index (χ1n) is 7.76. The molecule has 110 valence electrons. The fourth-order valence-electron chi connectivity index (χ4n) is 3.03. The lowest BCUT2D eigenvalue weighted by Gasteiger charge is -2.31. The fraction of sp³-hybridized carbons (Fsp3) is 0.389. The van der Waals surface area contributed by atoms with Crippen molar-refractivity contribution in [1.82, 2.24) is 15.2 Å². The Morgan fingerprint density at radius 3 is 2.43 bits per heavy atom. The summed E-state index contributed by atoms with van der Waals surface area (Å²) >= 11 is 0. The van der Waals surface area contributed by atoms with Gasteiger partial charge in [-0.2, -0.15) is 0 Å². The van der Waals surface area contributed by atoms with Gasteiger partial charge in [0.1, 0.15) is 0 Å². The van der Waals surface area contributed by atoms with E-state index in [1.165, 1.54) is 23.1 Å². The molecule has 0 radical (unpaired) electrons. The van der Waals surface area contributed by atoms with Crippen LogP contribution in [-0.2, 0) is 0 Å². The Labute approximate surface area is 127 Å². The molecule has 1 atom stereocenters. The molecule has 0 amide bonds. The molecule has 3 nitrogen and oxygen atoms in total. The van der Waals surface area contributed by atoms with E-state index >= 15 is 0 Å². The summed E-state index contributed by atoms with van der Waals surface area (Å²) in [4.78, 5) is 6.75. The van der Waals surface area contributed by atoms with Crippen molar-refractivity contribution in [2.75, 3.05) is 26.2 Å². The van der Waals surface area contributed by atoms with Gasteiger partial charge in [-0.15, -0.1) is 0 Å². The zero-order chi connectivity index (χ0) is 14.5. The van der Waals surface area contributed by atoms with Gasteiger partial charge in [-0.05, 0) is 43.1 Å². The highest BCUT2D eigenvalue weighted by atomic mass is 15.2. The Bertz CT molecular complexity index is 542. The molecule has 1 saturated heterocycles. The third kappa shape index (κ3) is 3.49. The average molecular weight is 281 g/mol. The van der Waals surface area contributed by atoms with Gasteiger partial charge in [-0.1, -0.05) is 29.8 Å². The van der Waals surface area contributed by atoms with E-state index in [9.17, 15) is 0 Å². The molecule has 1 fully saturated rings. The number of hydrogen-bond acceptors (Lipinski definition) is 3. The lowest BCUT2D eigenvalue weighted by atomic mass is 9.97. The largest absolute Gasteiger partial charge is 0.315 e. The number of benzene rings is 1. The quantitative estimate of drug-likeness (QED) is 0.937. The zero-order valence-corrected chi connectivity index (χ0v) is 12.6. The molecule has 1 aromatic carbocycles. The minimum absolute atomic E-state index is 0.327. The highest BCUT2D eigenvalue weighted by Gasteiger charge is 2.22. The molecule has 1 unspecified atom stereocenters. The second kappa shape index (κ2) is 6.83. The Morgan fingerprint density at radius 1 is 0.952 bits per heavy atom. The number of nitrogens with zero attached hydrogens (tertiary/aromatic N) is 2. The molecule has 21 heavy (non-hydrogen) atoms. The van der Waals surface area contributed by atoms with E-state index < -0.39 is 0 Å². The molecule has 0 bridgehead atoms. The van der Waals surface area contributed by atoms with Gasteiger partial charge in [0.25, 0.3) is 0 Å². The van der Waals surface area contributed by atoms with E-state index in [0.717, 1.165) is 26.2 Å². The third-order valence-electron chi connectivity index (χ3n) is 4.15. The molecular formula is C18H23N3. The minimum atomic E-state index is 0.327. The summed E-state index contributed by atoms with van der Waals surface area (Å²) in [7, 11) is 0. The Balaban J connectivity index is 1.95. The predicted octanol–water partition coefficient (Wildman–Crippen LogP) is 2.77. The molecule has 0 saturated carbocycles. The first-order chi connectivity index (χ1) is 10.3. The maximum absolute atomic E-state index is 4.17. The Kier molecular flexibility index (Phi) is 4.63. The van der Waals surface area contributed by atoms with E-state index in [-0.39, 0.29) is 0 Å². The number of rotatable bonds is 3. The van der Waals surface area contributed by atoms with E-state index in [2.05, 4.69) is 58.5 Å². The monoisotopic (exact) mass is 281 g/mol. The number of pyridine rings is 1. The molecule has 1 N–H and O–H groups in total. The SMILES string of the molecule is Cc1ccc(C(c2ccncc2)N2CCCNCC2)cc1. The number of aryl methyl sites for hydroxylation is 1. The highest BCUT2D eigenvalue weighted by molar-refractivity contribution is 5.32. The predicted molar refractivity (Wildman–Crippen MR) is 86.3 cm³/mol. The molecular weight excluding hydrogens is 258 g/mol. The van der Waals surface area contributed by atoms with E-state index in [0.29, 0.717) is 6.04 Å². The standard InChI is InChI=1S/C18H23N3/c1-15-3-5-16(6-4-15)18(17-7-10-20-11-8-17)21-13-2-9-19-12-14-21/h3-8,10-11,18-19H,2,9,12-14H2,1H3. The third-order valence-corrected chi connectivity index (χ3v) is 4.15. The summed E-state index contributed by atoms with van der Waals surface area (Å²) in [6.07, 6.45) is 4.99. The molecule has 3 heteroatoms. The first-order valence-corrected chi connectivity index (χ1v) is 7.76. The lowest BCUT2D eigenvalue weighted by molar-refractivity contribution is 0.241. The van der Waals surface area contributed by atoms with Crippen molar-refractivity contribution < 1.29 is 0 Å². The van der Waals surface area contributed by atoms with Crippen molar-refractivity contribution in [3.8, 4) is 0 Å². The fourth-order valence-corrected chi connectivity index (χ4v) is 3.03. The van der Waals surface area contributed by atoms with Crippen LogP contribution in [0.5, 0.6) is 0 Å². The van der Waals surface area contributed by atoms with Crippen molar-refractivity contribution in [3.63, 3.8) is 0 Å².